The molecule has 4 aliphatic rings. The highest BCUT2D eigenvalue weighted by Gasteiger charge is 2.35. The summed E-state index contributed by atoms with van der Waals surface area (Å²) in [5.74, 6) is 0.905. The second-order valence-corrected chi connectivity index (χ2v) is 6.66. The minimum Gasteiger partial charge on any atom is -0.486 e. The maximum atomic E-state index is 9.55. The van der Waals surface area contributed by atoms with Crippen LogP contribution in [0.1, 0.15) is 24.3 Å². The number of aliphatic carboxylic acids is 2. The van der Waals surface area contributed by atoms with Crippen molar-refractivity contribution in [1.29, 1.82) is 0 Å². The van der Waals surface area contributed by atoms with Crippen molar-refractivity contribution in [3.05, 3.63) is 35.9 Å². The van der Waals surface area contributed by atoms with Gasteiger partial charge in [-0.2, -0.15) is 0 Å². The zero-order chi connectivity index (χ0) is 18.5. The molecule has 0 amide bonds. The molecule has 0 radical (unpaired) electrons. The van der Waals surface area contributed by atoms with Gasteiger partial charge < -0.3 is 24.6 Å². The Morgan fingerprint density at radius 1 is 1.00 bits per heavy atom. The molecule has 0 saturated carbocycles. The summed E-state index contributed by atoms with van der Waals surface area (Å²) in [6.45, 7) is 5.17. The van der Waals surface area contributed by atoms with Gasteiger partial charge in [0.2, 0.25) is 0 Å². The number of piperidine rings is 3. The van der Waals surface area contributed by atoms with Gasteiger partial charge in [-0.15, -0.1) is 0 Å². The summed E-state index contributed by atoms with van der Waals surface area (Å²) in [6, 6.07) is 6.53. The van der Waals surface area contributed by atoms with Gasteiger partial charge in [-0.05, 0) is 55.5 Å². The Bertz CT molecular complexity index is 677. The van der Waals surface area contributed by atoms with E-state index in [1.165, 1.54) is 38.0 Å². The van der Waals surface area contributed by atoms with Crippen molar-refractivity contribution < 1.29 is 29.3 Å². The van der Waals surface area contributed by atoms with E-state index in [1.54, 1.807) is 0 Å². The van der Waals surface area contributed by atoms with E-state index in [1.807, 2.05) is 0 Å². The average molecular weight is 361 g/mol. The molecule has 2 bridgehead atoms. The number of nitrogens with zero attached hydrogens (tertiary/aromatic N) is 1. The van der Waals surface area contributed by atoms with Crippen LogP contribution in [-0.4, -0.2) is 59.9 Å². The normalized spacial score (nSPS) is 26.1. The van der Waals surface area contributed by atoms with E-state index in [0.29, 0.717) is 31.3 Å². The molecule has 3 fully saturated rings. The summed E-state index contributed by atoms with van der Waals surface area (Å²) in [4.78, 5) is 21.7. The third kappa shape index (κ3) is 4.54. The molecule has 1 atom stereocenters. The maximum Gasteiger partial charge on any atom is 0.328 e. The van der Waals surface area contributed by atoms with Crippen LogP contribution in [0, 0.1) is 5.92 Å². The first kappa shape index (κ1) is 18.3. The quantitative estimate of drug-likeness (QED) is 0.795. The van der Waals surface area contributed by atoms with Crippen LogP contribution in [0.4, 0.5) is 0 Å². The van der Waals surface area contributed by atoms with Gasteiger partial charge in [0.25, 0.3) is 0 Å². The molecule has 1 unspecified atom stereocenters. The van der Waals surface area contributed by atoms with Gasteiger partial charge in [-0.3, -0.25) is 0 Å². The molecule has 7 heteroatoms. The van der Waals surface area contributed by atoms with Crippen LogP contribution in [0.5, 0.6) is 11.5 Å². The lowest BCUT2D eigenvalue weighted by atomic mass is 9.75. The van der Waals surface area contributed by atoms with Crippen molar-refractivity contribution in [2.45, 2.75) is 18.8 Å². The minimum absolute atomic E-state index is 0.558. The highest BCUT2D eigenvalue weighted by Crippen LogP contribution is 2.41. The minimum atomic E-state index is -1.26. The van der Waals surface area contributed by atoms with Gasteiger partial charge in [0.1, 0.15) is 13.2 Å². The molecule has 26 heavy (non-hydrogen) atoms. The van der Waals surface area contributed by atoms with E-state index in [9.17, 15) is 9.59 Å². The van der Waals surface area contributed by atoms with Crippen LogP contribution in [-0.2, 0) is 9.59 Å². The summed E-state index contributed by atoms with van der Waals surface area (Å²) < 4.78 is 11.3. The second-order valence-electron chi connectivity index (χ2n) is 6.66. The van der Waals surface area contributed by atoms with Crippen molar-refractivity contribution in [3.8, 4) is 11.5 Å². The van der Waals surface area contributed by atoms with Gasteiger partial charge in [0.15, 0.2) is 11.5 Å². The number of carboxylic acids is 2. The standard InChI is InChI=1S/C15H19NO2.C4H4O4/c1-2-14-15(18-8-7-17-14)9-12(1)13-10-16-5-3-11(13)4-6-16;5-3(6)1-2-4(7)8/h1-2,9,11,13H,3-8,10H2;1-2H,(H,5,6)(H,7,8)/b;2-1-. The first-order valence-electron chi connectivity index (χ1n) is 8.79. The molecule has 2 N–H and O–H groups in total. The second kappa shape index (κ2) is 8.23. The maximum absolute atomic E-state index is 9.55. The van der Waals surface area contributed by atoms with E-state index >= 15 is 0 Å². The molecule has 1 aromatic carbocycles. The molecule has 7 nitrogen and oxygen atoms in total. The Labute approximate surface area is 151 Å². The molecule has 5 rings (SSSR count). The largest absolute Gasteiger partial charge is 0.486 e. The first-order valence-corrected chi connectivity index (χ1v) is 8.79. The lowest BCUT2D eigenvalue weighted by Gasteiger charge is -2.45. The Balaban J connectivity index is 0.000000211. The van der Waals surface area contributed by atoms with Crippen molar-refractivity contribution in [3.63, 3.8) is 0 Å². The molecule has 3 saturated heterocycles. The SMILES string of the molecule is O=C(O)/C=C\C(=O)O.c1cc2c(cc1C1CN3CCC1CC3)OCCO2. The number of carbonyl (C=O) groups is 2. The van der Waals surface area contributed by atoms with Crippen LogP contribution in [0.3, 0.4) is 0 Å². The fraction of sp³-hybridized carbons (Fsp3) is 0.474. The predicted octanol–water partition coefficient (Wildman–Crippen LogP) is 1.98. The Morgan fingerprint density at radius 2 is 1.62 bits per heavy atom. The molecule has 0 spiro atoms. The third-order valence-corrected chi connectivity index (χ3v) is 5.02. The van der Waals surface area contributed by atoms with E-state index in [2.05, 4.69) is 23.1 Å². The zero-order valence-corrected chi connectivity index (χ0v) is 14.5. The molecule has 4 heterocycles. The molecule has 140 valence electrons. The van der Waals surface area contributed by atoms with Crippen molar-refractivity contribution >= 4 is 11.9 Å². The van der Waals surface area contributed by atoms with E-state index in [0.717, 1.165) is 17.4 Å². The van der Waals surface area contributed by atoms with E-state index in [-0.39, 0.29) is 0 Å². The lowest BCUT2D eigenvalue weighted by Crippen LogP contribution is -2.46. The Morgan fingerprint density at radius 3 is 2.15 bits per heavy atom. The first-order chi connectivity index (χ1) is 12.5. The molecule has 0 aliphatic carbocycles. The fourth-order valence-electron chi connectivity index (χ4n) is 3.78. The smallest absolute Gasteiger partial charge is 0.328 e. The number of benzene rings is 1. The average Bonchev–Trinajstić information content (AvgIpc) is 2.67. The molecular formula is C19H23NO6. The summed E-state index contributed by atoms with van der Waals surface area (Å²) >= 11 is 0. The molecular weight excluding hydrogens is 338 g/mol. The fourth-order valence-corrected chi connectivity index (χ4v) is 3.78. The molecule has 0 aromatic heterocycles. The van der Waals surface area contributed by atoms with E-state index in [4.69, 9.17) is 19.7 Å². The van der Waals surface area contributed by atoms with Gasteiger partial charge in [-0.25, -0.2) is 9.59 Å². The topological polar surface area (TPSA) is 96.3 Å². The predicted molar refractivity (Wildman–Crippen MR) is 93.7 cm³/mol. The van der Waals surface area contributed by atoms with Gasteiger partial charge in [-0.1, -0.05) is 6.07 Å². The van der Waals surface area contributed by atoms with Crippen LogP contribution in [0.25, 0.3) is 0 Å². The Hall–Kier alpha value is -2.54. The van der Waals surface area contributed by atoms with Crippen LogP contribution in [0.2, 0.25) is 0 Å². The van der Waals surface area contributed by atoms with Crippen molar-refractivity contribution in [2.75, 3.05) is 32.8 Å². The van der Waals surface area contributed by atoms with Crippen molar-refractivity contribution in [1.82, 2.24) is 4.90 Å². The summed E-state index contributed by atoms with van der Waals surface area (Å²) in [6.07, 6.45) is 3.84. The monoisotopic (exact) mass is 361 g/mol. The molecule has 1 aromatic rings. The lowest BCUT2D eigenvalue weighted by molar-refractivity contribution is -0.134. The number of rotatable bonds is 3. The number of hydrogen-bond acceptors (Lipinski definition) is 5. The summed E-state index contributed by atoms with van der Waals surface area (Å²) in [7, 11) is 0. The summed E-state index contributed by atoms with van der Waals surface area (Å²) in [5, 5.41) is 15.6. The van der Waals surface area contributed by atoms with Gasteiger partial charge in [0.05, 0.1) is 0 Å². The highest BCUT2D eigenvalue weighted by molar-refractivity contribution is 5.89. The summed E-state index contributed by atoms with van der Waals surface area (Å²) in [5.41, 5.74) is 1.44. The van der Waals surface area contributed by atoms with Crippen LogP contribution in [0.15, 0.2) is 30.4 Å². The van der Waals surface area contributed by atoms with E-state index < -0.39 is 11.9 Å². The molecule has 4 aliphatic heterocycles. The highest BCUT2D eigenvalue weighted by atomic mass is 16.6. The van der Waals surface area contributed by atoms with Crippen molar-refractivity contribution in [2.24, 2.45) is 5.92 Å². The number of carboxylic acid groups (broad SMARTS) is 2. The van der Waals surface area contributed by atoms with Crippen LogP contribution >= 0.6 is 0 Å². The number of hydrogen-bond donors (Lipinski definition) is 2. The number of ether oxygens (including phenoxy) is 2. The zero-order valence-electron chi connectivity index (χ0n) is 14.5. The van der Waals surface area contributed by atoms with Crippen LogP contribution < -0.4 is 9.47 Å². The Kier molecular flexibility index (Phi) is 5.78. The third-order valence-electron chi connectivity index (χ3n) is 5.02. The van der Waals surface area contributed by atoms with Gasteiger partial charge in [0, 0.05) is 18.7 Å². The van der Waals surface area contributed by atoms with Gasteiger partial charge >= 0.3 is 11.9 Å². The number of fused-ring (bicyclic) bond motifs is 4.